The van der Waals surface area contributed by atoms with Gasteiger partial charge in [-0.3, -0.25) is 0 Å². The molecule has 0 spiro atoms. The number of aliphatic hydroxyl groups excluding tert-OH is 1. The lowest BCUT2D eigenvalue weighted by Crippen LogP contribution is -1.94. The van der Waals surface area contributed by atoms with Gasteiger partial charge in [-0.25, -0.2) is 4.68 Å². The number of nitrogens with zero attached hydrogens (tertiary/aromatic N) is 3. The fourth-order valence-electron chi connectivity index (χ4n) is 1.68. The Hall–Kier alpha value is -2.14. The molecule has 5 nitrogen and oxygen atoms in total. The van der Waals surface area contributed by atoms with E-state index in [4.69, 9.17) is 5.11 Å². The average Bonchev–Trinajstić information content (AvgIpc) is 2.96. The highest BCUT2D eigenvalue weighted by molar-refractivity contribution is 5.81. The summed E-state index contributed by atoms with van der Waals surface area (Å²) in [6.07, 6.45) is 3.61. The van der Waals surface area contributed by atoms with Gasteiger partial charge in [-0.15, -0.1) is 5.10 Å². The van der Waals surface area contributed by atoms with Crippen LogP contribution in [0.5, 0.6) is 0 Å². The maximum absolute atomic E-state index is 8.92. The smallest absolute Gasteiger partial charge is 0.109 e. The number of aromatic amines is 1. The van der Waals surface area contributed by atoms with E-state index >= 15 is 0 Å². The predicted molar refractivity (Wildman–Crippen MR) is 59.1 cm³/mol. The van der Waals surface area contributed by atoms with Crippen molar-refractivity contribution in [1.29, 1.82) is 0 Å². The van der Waals surface area contributed by atoms with Crippen LogP contribution in [0.2, 0.25) is 0 Å². The average molecular weight is 214 g/mol. The van der Waals surface area contributed by atoms with Crippen molar-refractivity contribution in [3.63, 3.8) is 0 Å². The van der Waals surface area contributed by atoms with Crippen molar-refractivity contribution in [2.75, 3.05) is 0 Å². The number of H-pyrrole nitrogens is 1. The second kappa shape index (κ2) is 3.46. The fourth-order valence-corrected chi connectivity index (χ4v) is 1.68. The number of hydrogen-bond donors (Lipinski definition) is 2. The summed E-state index contributed by atoms with van der Waals surface area (Å²) in [5, 5.41) is 17.8. The summed E-state index contributed by atoms with van der Waals surface area (Å²) < 4.78 is 1.65. The first-order chi connectivity index (χ1) is 7.86. The molecule has 80 valence electrons. The van der Waals surface area contributed by atoms with Gasteiger partial charge in [-0.05, 0) is 24.3 Å². The van der Waals surface area contributed by atoms with Gasteiger partial charge in [0.05, 0.1) is 18.5 Å². The van der Waals surface area contributed by atoms with Crippen molar-refractivity contribution >= 4 is 10.9 Å². The van der Waals surface area contributed by atoms with Crippen LogP contribution in [-0.2, 0) is 6.61 Å². The van der Waals surface area contributed by atoms with Crippen molar-refractivity contribution < 1.29 is 5.11 Å². The number of aliphatic hydroxyl groups is 1. The highest BCUT2D eigenvalue weighted by Crippen LogP contribution is 2.16. The van der Waals surface area contributed by atoms with Gasteiger partial charge in [0.2, 0.25) is 0 Å². The second-order valence-corrected chi connectivity index (χ2v) is 3.56. The lowest BCUT2D eigenvalue weighted by Gasteiger charge is -1.99. The first-order valence-electron chi connectivity index (χ1n) is 4.96. The van der Waals surface area contributed by atoms with Crippen molar-refractivity contribution in [3.8, 4) is 5.69 Å². The van der Waals surface area contributed by atoms with Gasteiger partial charge < -0.3 is 10.1 Å². The topological polar surface area (TPSA) is 66.7 Å². The summed E-state index contributed by atoms with van der Waals surface area (Å²) in [6, 6.07) is 7.96. The third-order valence-electron chi connectivity index (χ3n) is 2.50. The maximum atomic E-state index is 8.92. The van der Waals surface area contributed by atoms with Crippen LogP contribution >= 0.6 is 0 Å². The van der Waals surface area contributed by atoms with Gasteiger partial charge in [-0.2, -0.15) is 0 Å². The molecule has 0 amide bonds. The molecule has 0 bridgehead atoms. The molecule has 3 aromatic rings. The number of nitrogens with one attached hydrogen (secondary N) is 1. The van der Waals surface area contributed by atoms with E-state index in [1.54, 1.807) is 10.9 Å². The van der Waals surface area contributed by atoms with E-state index in [2.05, 4.69) is 15.3 Å². The lowest BCUT2D eigenvalue weighted by molar-refractivity contribution is 0.276. The number of aromatic nitrogens is 4. The predicted octanol–water partition coefficient (Wildman–Crippen LogP) is 1.24. The molecular weight excluding hydrogens is 204 g/mol. The van der Waals surface area contributed by atoms with Gasteiger partial charge in [0.15, 0.2) is 0 Å². The number of fused-ring (bicyclic) bond motifs is 1. The monoisotopic (exact) mass is 214 g/mol. The molecule has 0 fully saturated rings. The first kappa shape index (κ1) is 9.11. The van der Waals surface area contributed by atoms with Gasteiger partial charge >= 0.3 is 0 Å². The van der Waals surface area contributed by atoms with E-state index in [0.29, 0.717) is 5.69 Å². The molecule has 16 heavy (non-hydrogen) atoms. The molecule has 2 heterocycles. The van der Waals surface area contributed by atoms with Crippen LogP contribution in [0.15, 0.2) is 36.7 Å². The molecule has 5 heteroatoms. The zero-order chi connectivity index (χ0) is 11.0. The van der Waals surface area contributed by atoms with Gasteiger partial charge in [0, 0.05) is 17.1 Å². The summed E-state index contributed by atoms with van der Waals surface area (Å²) in [6.45, 7) is -0.0909. The van der Waals surface area contributed by atoms with E-state index in [9.17, 15) is 0 Å². The molecule has 3 rings (SSSR count). The van der Waals surface area contributed by atoms with Crippen LogP contribution in [0.3, 0.4) is 0 Å². The van der Waals surface area contributed by atoms with Gasteiger partial charge in [0.1, 0.15) is 5.69 Å². The summed E-state index contributed by atoms with van der Waals surface area (Å²) in [5.41, 5.74) is 2.58. The molecule has 1 aromatic carbocycles. The number of benzene rings is 1. The molecule has 0 aliphatic heterocycles. The van der Waals surface area contributed by atoms with E-state index in [-0.39, 0.29) is 6.61 Å². The Morgan fingerprint density at radius 1 is 1.31 bits per heavy atom. The Labute approximate surface area is 91.3 Å². The first-order valence-corrected chi connectivity index (χ1v) is 4.96. The fraction of sp³-hybridized carbons (Fsp3) is 0.0909. The van der Waals surface area contributed by atoms with Gasteiger partial charge in [0.25, 0.3) is 0 Å². The quantitative estimate of drug-likeness (QED) is 0.674. The molecule has 0 saturated heterocycles. The van der Waals surface area contributed by atoms with Crippen LogP contribution in [0.25, 0.3) is 16.6 Å². The third kappa shape index (κ3) is 1.38. The minimum absolute atomic E-state index is 0.0909. The molecule has 0 atom stereocenters. The van der Waals surface area contributed by atoms with Crippen molar-refractivity contribution in [1.82, 2.24) is 20.0 Å². The standard InChI is InChI=1S/C11H10N4O/c16-7-9-6-15(14-13-9)10-1-2-11-8(5-10)3-4-12-11/h1-6,12,16H,7H2. The van der Waals surface area contributed by atoms with Crippen LogP contribution in [-0.4, -0.2) is 25.1 Å². The second-order valence-electron chi connectivity index (χ2n) is 3.56. The highest BCUT2D eigenvalue weighted by Gasteiger charge is 2.02. The zero-order valence-electron chi connectivity index (χ0n) is 8.46. The van der Waals surface area contributed by atoms with Crippen molar-refractivity contribution in [2.45, 2.75) is 6.61 Å². The van der Waals surface area contributed by atoms with E-state index in [1.165, 1.54) is 0 Å². The van der Waals surface area contributed by atoms with Crippen molar-refractivity contribution in [2.24, 2.45) is 0 Å². The normalized spacial score (nSPS) is 11.1. The molecule has 0 aliphatic carbocycles. The SMILES string of the molecule is OCc1cn(-c2ccc3[nH]ccc3c2)nn1. The number of hydrogen-bond acceptors (Lipinski definition) is 3. The Morgan fingerprint density at radius 2 is 2.25 bits per heavy atom. The Kier molecular flexibility index (Phi) is 1.97. The van der Waals surface area contributed by atoms with Crippen LogP contribution in [0, 0.1) is 0 Å². The molecule has 0 saturated carbocycles. The summed E-state index contributed by atoms with van der Waals surface area (Å²) >= 11 is 0. The summed E-state index contributed by atoms with van der Waals surface area (Å²) in [4.78, 5) is 3.13. The van der Waals surface area contributed by atoms with Crippen molar-refractivity contribution in [3.05, 3.63) is 42.4 Å². The number of rotatable bonds is 2. The molecule has 2 N–H and O–H groups in total. The molecule has 0 unspecified atom stereocenters. The molecule has 2 aromatic heterocycles. The Bertz CT molecular complexity index is 625. The molecule has 0 radical (unpaired) electrons. The Balaban J connectivity index is 2.10. The van der Waals surface area contributed by atoms with E-state index < -0.39 is 0 Å². The summed E-state index contributed by atoms with van der Waals surface area (Å²) in [5.74, 6) is 0. The van der Waals surface area contributed by atoms with Crippen LogP contribution in [0.4, 0.5) is 0 Å². The third-order valence-corrected chi connectivity index (χ3v) is 2.50. The van der Waals surface area contributed by atoms with Gasteiger partial charge in [-0.1, -0.05) is 5.21 Å². The van der Waals surface area contributed by atoms with E-state index in [0.717, 1.165) is 16.6 Å². The lowest BCUT2D eigenvalue weighted by atomic mass is 10.2. The van der Waals surface area contributed by atoms with E-state index in [1.807, 2.05) is 30.5 Å². The minimum Gasteiger partial charge on any atom is -0.390 e. The largest absolute Gasteiger partial charge is 0.390 e. The zero-order valence-corrected chi connectivity index (χ0v) is 8.46. The maximum Gasteiger partial charge on any atom is 0.109 e. The van der Waals surface area contributed by atoms with Crippen LogP contribution in [0.1, 0.15) is 5.69 Å². The molecule has 0 aliphatic rings. The van der Waals surface area contributed by atoms with Crippen LogP contribution < -0.4 is 0 Å². The minimum atomic E-state index is -0.0909. The molecular formula is C11H10N4O. The summed E-state index contributed by atoms with van der Waals surface area (Å²) in [7, 11) is 0. The Morgan fingerprint density at radius 3 is 3.06 bits per heavy atom. The highest BCUT2D eigenvalue weighted by atomic mass is 16.3.